The van der Waals surface area contributed by atoms with Crippen LogP contribution in [0, 0.1) is 0 Å². The van der Waals surface area contributed by atoms with E-state index in [1.165, 1.54) is 0 Å². The van der Waals surface area contributed by atoms with Crippen LogP contribution in [0.4, 0.5) is 0 Å². The van der Waals surface area contributed by atoms with Gasteiger partial charge in [-0.3, -0.25) is 9.00 Å². The van der Waals surface area contributed by atoms with Gasteiger partial charge >= 0.3 is 0 Å². The maximum absolute atomic E-state index is 12.1. The fraction of sp³-hybridized carbons (Fsp3) is 0.462. The van der Waals surface area contributed by atoms with Crippen molar-refractivity contribution in [3.63, 3.8) is 0 Å². The molecule has 2 rings (SSSR count). The highest BCUT2D eigenvalue weighted by atomic mass is 32.2. The highest BCUT2D eigenvalue weighted by Gasteiger charge is 2.24. The lowest BCUT2D eigenvalue weighted by molar-refractivity contribution is -0.132. The third-order valence-corrected chi connectivity index (χ3v) is 4.38. The molecule has 1 atom stereocenters. The zero-order valence-electron chi connectivity index (χ0n) is 10.2. The van der Waals surface area contributed by atoms with Crippen molar-refractivity contribution in [3.8, 4) is 0 Å². The lowest BCUT2D eigenvalue weighted by atomic mass is 10.1. The fourth-order valence-corrected chi connectivity index (χ4v) is 3.10. The number of rotatable bonds is 3. The molecule has 0 spiro atoms. The van der Waals surface area contributed by atoms with E-state index in [0.29, 0.717) is 31.0 Å². The summed E-state index contributed by atoms with van der Waals surface area (Å²) in [7, 11) is -0.763. The number of amides is 1. The summed E-state index contributed by atoms with van der Waals surface area (Å²) in [5.74, 6) is 1.11. The number of nitrogens with two attached hydrogens (primary N) is 1. The normalized spacial score (nSPS) is 18.6. The van der Waals surface area contributed by atoms with Crippen LogP contribution in [-0.4, -0.2) is 45.7 Å². The molecular weight excluding hydrogens is 248 g/mol. The summed E-state index contributed by atoms with van der Waals surface area (Å²) < 4.78 is 11.2. The minimum atomic E-state index is -0.763. The number of benzene rings is 1. The van der Waals surface area contributed by atoms with Crippen LogP contribution in [0.25, 0.3) is 0 Å². The lowest BCUT2D eigenvalue weighted by Crippen LogP contribution is -2.49. The van der Waals surface area contributed by atoms with Gasteiger partial charge < -0.3 is 10.6 Å². The summed E-state index contributed by atoms with van der Waals surface area (Å²) in [6.45, 7) is 1.13. The van der Waals surface area contributed by atoms with Gasteiger partial charge in [0.05, 0.1) is 6.04 Å². The predicted octanol–water partition coefficient (Wildman–Crippen LogP) is 0.147. The second-order valence-electron chi connectivity index (χ2n) is 4.47. The molecule has 0 aliphatic carbocycles. The largest absolute Gasteiger partial charge is 0.339 e. The van der Waals surface area contributed by atoms with Crippen molar-refractivity contribution in [3.05, 3.63) is 35.9 Å². The molecule has 2 N–H and O–H groups in total. The summed E-state index contributed by atoms with van der Waals surface area (Å²) >= 11 is 0. The zero-order valence-corrected chi connectivity index (χ0v) is 11.1. The average molecular weight is 266 g/mol. The van der Waals surface area contributed by atoms with Crippen LogP contribution >= 0.6 is 0 Å². The van der Waals surface area contributed by atoms with Crippen LogP contribution in [0.5, 0.6) is 0 Å². The Morgan fingerprint density at radius 2 is 1.89 bits per heavy atom. The molecular formula is C13H18N2O2S. The van der Waals surface area contributed by atoms with Gasteiger partial charge in [0, 0.05) is 35.4 Å². The Morgan fingerprint density at radius 3 is 2.50 bits per heavy atom. The van der Waals surface area contributed by atoms with Crippen molar-refractivity contribution in [2.24, 2.45) is 5.73 Å². The first-order valence-electron chi connectivity index (χ1n) is 6.10. The maximum atomic E-state index is 12.1. The molecule has 0 saturated carbocycles. The third-order valence-electron chi connectivity index (χ3n) is 3.11. The van der Waals surface area contributed by atoms with E-state index in [0.717, 1.165) is 5.56 Å². The minimum absolute atomic E-state index is 0.0319. The molecule has 98 valence electrons. The highest BCUT2D eigenvalue weighted by molar-refractivity contribution is 7.85. The van der Waals surface area contributed by atoms with Crippen LogP contribution < -0.4 is 5.73 Å². The third kappa shape index (κ3) is 3.40. The summed E-state index contributed by atoms with van der Waals surface area (Å²) in [6.07, 6.45) is 0.555. The first kappa shape index (κ1) is 13.2. The Labute approximate surface area is 110 Å². The molecule has 1 aliphatic rings. The van der Waals surface area contributed by atoms with Crippen LogP contribution in [0.15, 0.2) is 30.3 Å². The molecule has 1 saturated heterocycles. The predicted molar refractivity (Wildman–Crippen MR) is 72.6 cm³/mol. The Bertz CT molecular complexity index is 426. The molecule has 18 heavy (non-hydrogen) atoms. The number of hydrogen-bond acceptors (Lipinski definition) is 3. The van der Waals surface area contributed by atoms with Crippen LogP contribution in [0.3, 0.4) is 0 Å². The summed E-state index contributed by atoms with van der Waals surface area (Å²) in [4.78, 5) is 13.8. The van der Waals surface area contributed by atoms with Crippen LogP contribution in [0.2, 0.25) is 0 Å². The molecule has 1 heterocycles. The van der Waals surface area contributed by atoms with Gasteiger partial charge in [0.25, 0.3) is 0 Å². The molecule has 4 nitrogen and oxygen atoms in total. The first-order chi connectivity index (χ1) is 8.66. The van der Waals surface area contributed by atoms with E-state index in [9.17, 15) is 9.00 Å². The van der Waals surface area contributed by atoms with Crippen molar-refractivity contribution in [1.82, 2.24) is 4.90 Å². The van der Waals surface area contributed by atoms with E-state index in [1.807, 2.05) is 30.3 Å². The Balaban J connectivity index is 1.91. The first-order valence-corrected chi connectivity index (χ1v) is 7.59. The van der Waals surface area contributed by atoms with Crippen molar-refractivity contribution >= 4 is 16.7 Å². The van der Waals surface area contributed by atoms with Gasteiger partial charge in [-0.15, -0.1) is 0 Å². The molecule has 1 fully saturated rings. The molecule has 1 aromatic carbocycles. The smallest absolute Gasteiger partial charge is 0.239 e. The summed E-state index contributed by atoms with van der Waals surface area (Å²) in [5.41, 5.74) is 7.02. The molecule has 0 bridgehead atoms. The zero-order chi connectivity index (χ0) is 13.0. The lowest BCUT2D eigenvalue weighted by Gasteiger charge is -2.28. The van der Waals surface area contributed by atoms with E-state index in [4.69, 9.17) is 5.73 Å². The van der Waals surface area contributed by atoms with E-state index in [-0.39, 0.29) is 5.91 Å². The molecule has 1 amide bonds. The monoisotopic (exact) mass is 266 g/mol. The molecule has 5 heteroatoms. The van der Waals surface area contributed by atoms with Gasteiger partial charge in [-0.25, -0.2) is 0 Å². The average Bonchev–Trinajstić information content (AvgIpc) is 2.40. The SMILES string of the molecule is NC(Cc1ccccc1)C(=O)N1CCS(=O)CC1. The van der Waals surface area contributed by atoms with Gasteiger partial charge in [-0.2, -0.15) is 0 Å². The molecule has 1 aliphatic heterocycles. The van der Waals surface area contributed by atoms with Crippen LogP contribution in [0.1, 0.15) is 5.56 Å². The Hall–Kier alpha value is -1.20. The standard InChI is InChI=1S/C13H18N2O2S/c14-12(10-11-4-2-1-3-5-11)13(16)15-6-8-18(17)9-7-15/h1-5,12H,6-10,14H2. The van der Waals surface area contributed by atoms with Gasteiger partial charge in [-0.1, -0.05) is 30.3 Å². The van der Waals surface area contributed by atoms with Crippen molar-refractivity contribution in [2.75, 3.05) is 24.6 Å². The van der Waals surface area contributed by atoms with E-state index < -0.39 is 16.8 Å². The number of carbonyl (C=O) groups excluding carboxylic acids is 1. The van der Waals surface area contributed by atoms with Gasteiger partial charge in [0.15, 0.2) is 0 Å². The van der Waals surface area contributed by atoms with Gasteiger partial charge in [0.1, 0.15) is 0 Å². The quantitative estimate of drug-likeness (QED) is 0.847. The fourth-order valence-electron chi connectivity index (χ4n) is 2.05. The van der Waals surface area contributed by atoms with Crippen LogP contribution in [-0.2, 0) is 22.0 Å². The molecule has 1 unspecified atom stereocenters. The van der Waals surface area contributed by atoms with Crippen molar-refractivity contribution in [2.45, 2.75) is 12.5 Å². The second-order valence-corrected chi connectivity index (χ2v) is 6.17. The number of carbonyl (C=O) groups is 1. The summed E-state index contributed by atoms with van der Waals surface area (Å²) in [6, 6.07) is 9.26. The Kier molecular flexibility index (Phi) is 4.49. The number of nitrogens with zero attached hydrogens (tertiary/aromatic N) is 1. The Morgan fingerprint density at radius 1 is 1.28 bits per heavy atom. The number of hydrogen-bond donors (Lipinski definition) is 1. The molecule has 0 aromatic heterocycles. The van der Waals surface area contributed by atoms with E-state index >= 15 is 0 Å². The highest BCUT2D eigenvalue weighted by Crippen LogP contribution is 2.07. The van der Waals surface area contributed by atoms with Crippen molar-refractivity contribution in [1.29, 1.82) is 0 Å². The summed E-state index contributed by atoms with van der Waals surface area (Å²) in [5, 5.41) is 0. The van der Waals surface area contributed by atoms with Crippen molar-refractivity contribution < 1.29 is 9.00 Å². The second kappa shape index (κ2) is 6.11. The minimum Gasteiger partial charge on any atom is -0.339 e. The van der Waals surface area contributed by atoms with Gasteiger partial charge in [-0.05, 0) is 12.0 Å². The maximum Gasteiger partial charge on any atom is 0.239 e. The molecule has 1 aromatic rings. The van der Waals surface area contributed by atoms with Gasteiger partial charge in [0.2, 0.25) is 5.91 Å². The topological polar surface area (TPSA) is 63.4 Å². The molecule has 0 radical (unpaired) electrons. The van der Waals surface area contributed by atoms with E-state index in [2.05, 4.69) is 0 Å². The van der Waals surface area contributed by atoms with E-state index in [1.54, 1.807) is 4.90 Å².